The maximum Gasteiger partial charge on any atom is 0.0799 e. The van der Waals surface area contributed by atoms with Crippen LogP contribution in [0.25, 0.3) is 0 Å². The van der Waals surface area contributed by atoms with E-state index in [1.165, 1.54) is 5.56 Å². The van der Waals surface area contributed by atoms with Crippen LogP contribution >= 0.6 is 11.6 Å². The molecule has 0 saturated heterocycles. The van der Waals surface area contributed by atoms with E-state index in [2.05, 4.69) is 17.4 Å². The van der Waals surface area contributed by atoms with Crippen molar-refractivity contribution in [3.63, 3.8) is 0 Å². The molecular weight excluding hydrogens is 198 g/mol. The number of alkyl halides is 1. The molecule has 0 heterocycles. The predicted molar refractivity (Wildman–Crippen MR) is 59.7 cm³/mol. The zero-order valence-electron chi connectivity index (χ0n) is 8.12. The molecule has 0 aliphatic carbocycles. The number of rotatable bonds is 6. The SMILES string of the molecule is OC(CCl)CNCCc1ccccc1. The van der Waals surface area contributed by atoms with Gasteiger partial charge in [-0.3, -0.25) is 0 Å². The van der Waals surface area contributed by atoms with Crippen LogP contribution in [0.15, 0.2) is 30.3 Å². The van der Waals surface area contributed by atoms with Crippen LogP contribution in [0.4, 0.5) is 0 Å². The van der Waals surface area contributed by atoms with E-state index in [9.17, 15) is 0 Å². The molecule has 0 aromatic heterocycles. The van der Waals surface area contributed by atoms with Crippen molar-refractivity contribution in [3.05, 3.63) is 35.9 Å². The molecule has 0 aliphatic heterocycles. The van der Waals surface area contributed by atoms with Gasteiger partial charge in [0, 0.05) is 12.4 Å². The smallest absolute Gasteiger partial charge is 0.0799 e. The van der Waals surface area contributed by atoms with Gasteiger partial charge >= 0.3 is 0 Å². The highest BCUT2D eigenvalue weighted by Gasteiger charge is 1.99. The van der Waals surface area contributed by atoms with E-state index in [0.29, 0.717) is 12.4 Å². The zero-order chi connectivity index (χ0) is 10.2. The third-order valence-corrected chi connectivity index (χ3v) is 2.35. The fourth-order valence-corrected chi connectivity index (χ4v) is 1.31. The van der Waals surface area contributed by atoms with Crippen molar-refractivity contribution in [3.8, 4) is 0 Å². The first-order chi connectivity index (χ1) is 6.83. The Hall–Kier alpha value is -0.570. The average molecular weight is 214 g/mol. The summed E-state index contributed by atoms with van der Waals surface area (Å²) in [5, 5.41) is 12.3. The lowest BCUT2D eigenvalue weighted by Crippen LogP contribution is -2.29. The Morgan fingerprint density at radius 3 is 2.64 bits per heavy atom. The molecule has 0 bridgehead atoms. The molecule has 2 N–H and O–H groups in total. The molecule has 3 heteroatoms. The average Bonchev–Trinajstić information content (AvgIpc) is 2.25. The van der Waals surface area contributed by atoms with Crippen molar-refractivity contribution in [2.75, 3.05) is 19.0 Å². The van der Waals surface area contributed by atoms with Crippen LogP contribution in [0.1, 0.15) is 5.56 Å². The van der Waals surface area contributed by atoms with Gasteiger partial charge < -0.3 is 10.4 Å². The number of aliphatic hydroxyl groups is 1. The summed E-state index contributed by atoms with van der Waals surface area (Å²) in [6.07, 6.45) is 0.544. The number of hydrogen-bond donors (Lipinski definition) is 2. The second-order valence-electron chi connectivity index (χ2n) is 3.25. The van der Waals surface area contributed by atoms with Gasteiger partial charge in [0.25, 0.3) is 0 Å². The third kappa shape index (κ3) is 4.61. The molecule has 0 spiro atoms. The third-order valence-electron chi connectivity index (χ3n) is 1.99. The largest absolute Gasteiger partial charge is 0.391 e. The van der Waals surface area contributed by atoms with Crippen LogP contribution in [0, 0.1) is 0 Å². The Bertz CT molecular complexity index is 240. The summed E-state index contributed by atoms with van der Waals surface area (Å²) in [6, 6.07) is 10.3. The van der Waals surface area contributed by atoms with Crippen molar-refractivity contribution in [1.29, 1.82) is 0 Å². The maximum atomic E-state index is 9.16. The topological polar surface area (TPSA) is 32.3 Å². The summed E-state index contributed by atoms with van der Waals surface area (Å²) in [4.78, 5) is 0. The standard InChI is InChI=1S/C11H16ClNO/c12-8-11(14)9-13-7-6-10-4-2-1-3-5-10/h1-5,11,13-14H,6-9H2. The van der Waals surface area contributed by atoms with Gasteiger partial charge in [0.05, 0.1) is 6.10 Å². The Morgan fingerprint density at radius 2 is 2.00 bits per heavy atom. The first kappa shape index (κ1) is 11.5. The lowest BCUT2D eigenvalue weighted by Gasteiger charge is -2.08. The van der Waals surface area contributed by atoms with E-state index in [4.69, 9.17) is 16.7 Å². The second kappa shape index (κ2) is 6.82. The fourth-order valence-electron chi connectivity index (χ4n) is 1.20. The molecule has 1 aromatic carbocycles. The second-order valence-corrected chi connectivity index (χ2v) is 3.56. The fraction of sp³-hybridized carbons (Fsp3) is 0.455. The summed E-state index contributed by atoms with van der Waals surface area (Å²) in [5.41, 5.74) is 1.31. The van der Waals surface area contributed by atoms with Crippen LogP contribution < -0.4 is 5.32 Å². The van der Waals surface area contributed by atoms with E-state index >= 15 is 0 Å². The molecule has 1 atom stereocenters. The van der Waals surface area contributed by atoms with E-state index in [1.807, 2.05) is 18.2 Å². The normalized spacial score (nSPS) is 12.7. The summed E-state index contributed by atoms with van der Waals surface area (Å²) in [7, 11) is 0. The van der Waals surface area contributed by atoms with Crippen molar-refractivity contribution in [1.82, 2.24) is 5.32 Å². The van der Waals surface area contributed by atoms with Crippen molar-refractivity contribution >= 4 is 11.6 Å². The van der Waals surface area contributed by atoms with E-state index in [-0.39, 0.29) is 0 Å². The van der Waals surface area contributed by atoms with E-state index < -0.39 is 6.10 Å². The number of hydrogen-bond acceptors (Lipinski definition) is 2. The highest BCUT2D eigenvalue weighted by Crippen LogP contribution is 1.98. The number of benzene rings is 1. The van der Waals surface area contributed by atoms with Gasteiger partial charge in [-0.2, -0.15) is 0 Å². The lowest BCUT2D eigenvalue weighted by molar-refractivity contribution is 0.195. The molecule has 1 unspecified atom stereocenters. The van der Waals surface area contributed by atoms with Crippen molar-refractivity contribution in [2.24, 2.45) is 0 Å². The van der Waals surface area contributed by atoms with Gasteiger partial charge in [-0.1, -0.05) is 30.3 Å². The Balaban J connectivity index is 2.10. The number of nitrogens with one attached hydrogen (secondary N) is 1. The molecule has 0 aliphatic rings. The minimum absolute atomic E-state index is 0.290. The summed E-state index contributed by atoms with van der Waals surface area (Å²) < 4.78 is 0. The summed E-state index contributed by atoms with van der Waals surface area (Å²) in [6.45, 7) is 1.44. The van der Waals surface area contributed by atoms with Crippen LogP contribution in [0.5, 0.6) is 0 Å². The maximum absolute atomic E-state index is 9.16. The molecule has 1 rings (SSSR count). The molecular formula is C11H16ClNO. The summed E-state index contributed by atoms with van der Waals surface area (Å²) in [5.74, 6) is 0.290. The van der Waals surface area contributed by atoms with Crippen molar-refractivity contribution < 1.29 is 5.11 Å². The molecule has 1 aromatic rings. The number of aliphatic hydroxyl groups excluding tert-OH is 1. The summed E-state index contributed by atoms with van der Waals surface area (Å²) >= 11 is 5.46. The van der Waals surface area contributed by atoms with Crippen molar-refractivity contribution in [2.45, 2.75) is 12.5 Å². The van der Waals surface area contributed by atoms with Gasteiger partial charge in [-0.15, -0.1) is 11.6 Å². The van der Waals surface area contributed by atoms with Gasteiger partial charge in [-0.25, -0.2) is 0 Å². The quantitative estimate of drug-likeness (QED) is 0.554. The first-order valence-corrected chi connectivity index (χ1v) is 5.35. The zero-order valence-corrected chi connectivity index (χ0v) is 8.87. The minimum atomic E-state index is -0.438. The predicted octanol–water partition coefficient (Wildman–Crippen LogP) is 1.42. The molecule has 2 nitrogen and oxygen atoms in total. The Kier molecular flexibility index (Phi) is 5.60. The van der Waals surface area contributed by atoms with Crippen LogP contribution in [-0.4, -0.2) is 30.2 Å². The van der Waals surface area contributed by atoms with Crippen LogP contribution in [0.2, 0.25) is 0 Å². The first-order valence-electron chi connectivity index (χ1n) is 4.81. The lowest BCUT2D eigenvalue weighted by atomic mass is 10.1. The van der Waals surface area contributed by atoms with E-state index in [0.717, 1.165) is 13.0 Å². The molecule has 0 saturated carbocycles. The molecule has 78 valence electrons. The Labute approximate surface area is 89.9 Å². The van der Waals surface area contributed by atoms with Gasteiger partial charge in [0.1, 0.15) is 0 Å². The van der Waals surface area contributed by atoms with Crippen LogP contribution in [-0.2, 0) is 6.42 Å². The van der Waals surface area contributed by atoms with Gasteiger partial charge in [-0.05, 0) is 18.5 Å². The van der Waals surface area contributed by atoms with Crippen LogP contribution in [0.3, 0.4) is 0 Å². The molecule has 0 fully saturated rings. The highest BCUT2D eigenvalue weighted by atomic mass is 35.5. The molecule has 0 radical (unpaired) electrons. The molecule has 0 amide bonds. The highest BCUT2D eigenvalue weighted by molar-refractivity contribution is 6.18. The van der Waals surface area contributed by atoms with E-state index in [1.54, 1.807) is 0 Å². The van der Waals surface area contributed by atoms with Gasteiger partial charge in [0.15, 0.2) is 0 Å². The van der Waals surface area contributed by atoms with Gasteiger partial charge in [0.2, 0.25) is 0 Å². The minimum Gasteiger partial charge on any atom is -0.391 e. The Morgan fingerprint density at radius 1 is 1.29 bits per heavy atom. The molecule has 14 heavy (non-hydrogen) atoms. The monoisotopic (exact) mass is 213 g/mol. The number of halogens is 1.